The number of aromatic nitrogens is 3. The Kier molecular flexibility index (Phi) is 5.35. The molecule has 8 aromatic carbocycles. The fourth-order valence-electron chi connectivity index (χ4n) is 7.17. The van der Waals surface area contributed by atoms with Gasteiger partial charge in [0.25, 0.3) is 0 Å². The van der Waals surface area contributed by atoms with E-state index in [-0.39, 0.29) is 41.1 Å². The predicted octanol–water partition coefficient (Wildman–Crippen LogP) is 13.1. The Hall–Kier alpha value is -7.10. The van der Waals surface area contributed by atoms with Crippen LogP contribution >= 0.6 is 0 Å². The van der Waals surface area contributed by atoms with Crippen LogP contribution in [0.4, 0.5) is 0 Å². The Bertz CT molecular complexity index is 3460. The van der Waals surface area contributed by atoms with Gasteiger partial charge in [0.05, 0.1) is 36.1 Å². The fourth-order valence-corrected chi connectivity index (χ4v) is 7.17. The number of nitrogens with zero attached hydrogens (tertiary/aromatic N) is 3. The van der Waals surface area contributed by atoms with E-state index in [0.717, 1.165) is 54.9 Å². The van der Waals surface area contributed by atoms with E-state index in [0.29, 0.717) is 22.6 Å². The summed E-state index contributed by atoms with van der Waals surface area (Å²) in [6.45, 7) is 0. The largest absolute Gasteiger partial charge is 0.309 e. The molecule has 0 unspecified atom stereocenters. The van der Waals surface area contributed by atoms with Gasteiger partial charge in [-0.25, -0.2) is 9.97 Å². The number of rotatable bonds is 6. The molecule has 0 saturated carbocycles. The number of benzene rings is 8. The molecule has 3 heteroatoms. The summed E-state index contributed by atoms with van der Waals surface area (Å²) >= 11 is 0. The molecule has 0 fully saturated rings. The first-order valence-electron chi connectivity index (χ1n) is 22.2. The fraction of sp³-hybridized carbons (Fsp3) is 0. The van der Waals surface area contributed by atoms with E-state index in [1.807, 2.05) is 121 Å². The molecule has 10 aromatic rings. The highest BCUT2D eigenvalue weighted by molar-refractivity contribution is 6.10. The molecule has 0 aliphatic heterocycles. The Morgan fingerprint density at radius 2 is 0.962 bits per heavy atom. The molecule has 53 heavy (non-hydrogen) atoms. The molecule has 0 aliphatic rings. The molecule has 0 saturated heterocycles. The van der Waals surface area contributed by atoms with Crippen LogP contribution in [0, 0.1) is 0 Å². The zero-order chi connectivity index (χ0) is 43.8. The van der Waals surface area contributed by atoms with Crippen LogP contribution in [0.3, 0.4) is 0 Å². The summed E-state index contributed by atoms with van der Waals surface area (Å²) in [5.41, 5.74) is 7.52. The van der Waals surface area contributed by atoms with E-state index in [1.165, 1.54) is 0 Å². The Labute approximate surface area is 322 Å². The van der Waals surface area contributed by atoms with E-state index in [1.54, 1.807) is 10.6 Å². The van der Waals surface area contributed by atoms with Crippen LogP contribution in [0.2, 0.25) is 0 Å². The van der Waals surface area contributed by atoms with Crippen molar-refractivity contribution < 1.29 is 13.7 Å². The molecular weight excluding hydrogens is 643 g/mol. The highest BCUT2D eigenvalue weighted by Gasteiger charge is 2.16. The van der Waals surface area contributed by atoms with Gasteiger partial charge in [0.2, 0.25) is 0 Å². The van der Waals surface area contributed by atoms with Crippen molar-refractivity contribution in [3.8, 4) is 61.8 Å². The summed E-state index contributed by atoms with van der Waals surface area (Å²) in [4.78, 5) is 9.75. The minimum absolute atomic E-state index is 0.00228. The lowest BCUT2D eigenvalue weighted by atomic mass is 9.92. The Morgan fingerprint density at radius 3 is 1.74 bits per heavy atom. The summed E-state index contributed by atoms with van der Waals surface area (Å²) in [6.07, 6.45) is 0. The van der Waals surface area contributed by atoms with Crippen molar-refractivity contribution in [2.24, 2.45) is 0 Å². The van der Waals surface area contributed by atoms with Gasteiger partial charge in [-0.2, -0.15) is 0 Å². The highest BCUT2D eigenvalue weighted by atomic mass is 15.0. The van der Waals surface area contributed by atoms with Crippen molar-refractivity contribution in [1.29, 1.82) is 0 Å². The summed E-state index contributed by atoms with van der Waals surface area (Å²) in [5, 5.41) is 3.65. The Morgan fingerprint density at radius 1 is 0.377 bits per heavy atom. The van der Waals surface area contributed by atoms with E-state index >= 15 is 0 Å². The molecule has 0 spiro atoms. The second-order valence-electron chi connectivity index (χ2n) is 12.7. The summed E-state index contributed by atoms with van der Waals surface area (Å²) < 4.78 is 86.6. The van der Waals surface area contributed by atoms with Gasteiger partial charge in [0, 0.05) is 33.2 Å². The second kappa shape index (κ2) is 12.9. The van der Waals surface area contributed by atoms with Gasteiger partial charge >= 0.3 is 0 Å². The molecule has 0 N–H and O–H groups in total. The van der Waals surface area contributed by atoms with Gasteiger partial charge in [0.1, 0.15) is 0 Å². The molecule has 10 rings (SSSR count). The monoisotopic (exact) mass is 685 g/mol. The van der Waals surface area contributed by atoms with Crippen LogP contribution in [0.15, 0.2) is 200 Å². The average molecular weight is 686 g/mol. The van der Waals surface area contributed by atoms with E-state index in [4.69, 9.17) is 23.7 Å². The summed E-state index contributed by atoms with van der Waals surface area (Å²) in [7, 11) is 0. The molecule has 0 amide bonds. The standard InChI is InChI=1S/C50H33N3/c1-4-14-36(15-5-1)46-33-47(52-50(51-46)37-16-6-2-7-17-37)43-31-30-40(41-20-10-11-21-42(41)43)35-26-24-34(25-27-35)38-28-29-45-44-22-12-13-23-48(44)53(49(45)32-38)39-18-8-3-9-19-39/h1-33H/i1D,3D,4D,5D,8D,9D,14D,15D,18D,19D. The van der Waals surface area contributed by atoms with Crippen molar-refractivity contribution in [2.75, 3.05) is 0 Å². The minimum Gasteiger partial charge on any atom is -0.309 e. The van der Waals surface area contributed by atoms with E-state index in [9.17, 15) is 0 Å². The quantitative estimate of drug-likeness (QED) is 0.174. The van der Waals surface area contributed by atoms with Crippen molar-refractivity contribution >= 4 is 32.6 Å². The number of para-hydroxylation sites is 2. The molecular formula is C50H33N3. The predicted molar refractivity (Wildman–Crippen MR) is 221 cm³/mol. The lowest BCUT2D eigenvalue weighted by Gasteiger charge is -2.14. The molecule has 2 aromatic heterocycles. The van der Waals surface area contributed by atoms with E-state index < -0.39 is 36.3 Å². The van der Waals surface area contributed by atoms with Crippen molar-refractivity contribution in [3.63, 3.8) is 0 Å². The van der Waals surface area contributed by atoms with Crippen molar-refractivity contribution in [2.45, 2.75) is 0 Å². The lowest BCUT2D eigenvalue weighted by molar-refractivity contribution is 1.18. The second-order valence-corrected chi connectivity index (χ2v) is 12.7. The third kappa shape index (κ3) is 5.47. The van der Waals surface area contributed by atoms with Gasteiger partial charge in [-0.15, -0.1) is 0 Å². The summed E-state index contributed by atoms with van der Waals surface area (Å²) in [6, 6.07) is 41.1. The zero-order valence-corrected chi connectivity index (χ0v) is 28.1. The number of hydrogen-bond acceptors (Lipinski definition) is 2. The third-order valence-electron chi connectivity index (χ3n) is 9.63. The number of fused-ring (bicyclic) bond motifs is 4. The van der Waals surface area contributed by atoms with Gasteiger partial charge in [-0.3, -0.25) is 0 Å². The topological polar surface area (TPSA) is 30.7 Å². The van der Waals surface area contributed by atoms with Crippen LogP contribution in [0.1, 0.15) is 13.7 Å². The van der Waals surface area contributed by atoms with Gasteiger partial charge in [-0.1, -0.05) is 170 Å². The van der Waals surface area contributed by atoms with Gasteiger partial charge in [0.15, 0.2) is 5.82 Å². The molecule has 0 aliphatic carbocycles. The molecule has 0 atom stereocenters. The molecule has 2 heterocycles. The highest BCUT2D eigenvalue weighted by Crippen LogP contribution is 2.39. The first kappa shape index (κ1) is 22.0. The van der Waals surface area contributed by atoms with Crippen LogP contribution in [0.25, 0.3) is 94.4 Å². The van der Waals surface area contributed by atoms with Crippen molar-refractivity contribution in [3.05, 3.63) is 200 Å². The van der Waals surface area contributed by atoms with Gasteiger partial charge in [-0.05, 0) is 63.3 Å². The maximum absolute atomic E-state index is 8.80. The SMILES string of the molecule is [2H]c1c([2H])c([2H])c(-c2cc(-c3ccc(-c4ccc(-c5ccc6c7ccccc7n(-c7c([2H])c([2H])c([2H])c([2H])c7[2H])c6c5)cc4)c4ccccc34)nc(-c3ccccc3)n2)c([2H])c1[2H]. The van der Waals surface area contributed by atoms with Gasteiger partial charge < -0.3 is 4.57 Å². The maximum Gasteiger partial charge on any atom is 0.160 e. The maximum atomic E-state index is 8.80. The number of hydrogen-bond donors (Lipinski definition) is 0. The normalized spacial score (nSPS) is 14.0. The molecule has 0 radical (unpaired) electrons. The summed E-state index contributed by atoms with van der Waals surface area (Å²) in [5.74, 6) is 0.352. The zero-order valence-electron chi connectivity index (χ0n) is 38.1. The smallest absolute Gasteiger partial charge is 0.160 e. The molecule has 248 valence electrons. The van der Waals surface area contributed by atoms with Crippen LogP contribution < -0.4 is 0 Å². The van der Waals surface area contributed by atoms with Crippen LogP contribution in [0.5, 0.6) is 0 Å². The minimum atomic E-state index is -0.474. The van der Waals surface area contributed by atoms with E-state index in [2.05, 4.69) is 12.1 Å². The van der Waals surface area contributed by atoms with Crippen LogP contribution in [-0.2, 0) is 0 Å². The molecule has 3 nitrogen and oxygen atoms in total. The average Bonchev–Trinajstić information content (AvgIpc) is 3.64. The third-order valence-corrected chi connectivity index (χ3v) is 9.63. The Balaban J connectivity index is 1.08. The first-order valence-corrected chi connectivity index (χ1v) is 17.2. The van der Waals surface area contributed by atoms with Crippen LogP contribution in [-0.4, -0.2) is 14.5 Å². The lowest BCUT2D eigenvalue weighted by Crippen LogP contribution is -1.96. The molecule has 0 bridgehead atoms. The first-order chi connectivity index (χ1) is 30.4. The van der Waals surface area contributed by atoms with Crippen molar-refractivity contribution in [1.82, 2.24) is 14.5 Å².